The summed E-state index contributed by atoms with van der Waals surface area (Å²) in [6, 6.07) is 19.6. The number of amides is 1. The Morgan fingerprint density at radius 2 is 1.84 bits per heavy atom. The first-order valence-electron chi connectivity index (χ1n) is 12.7. The van der Waals surface area contributed by atoms with Crippen LogP contribution in [0.15, 0.2) is 69.9 Å². The quantitative estimate of drug-likeness (QED) is 0.235. The third-order valence-electron chi connectivity index (χ3n) is 7.12. The molecule has 0 spiro atoms. The van der Waals surface area contributed by atoms with Gasteiger partial charge in [-0.1, -0.05) is 60.7 Å². The summed E-state index contributed by atoms with van der Waals surface area (Å²) in [5.41, 5.74) is 2.33. The highest BCUT2D eigenvalue weighted by molar-refractivity contribution is 7.22. The maximum Gasteiger partial charge on any atom is 0.349 e. The number of hydrogen-bond donors (Lipinski definition) is 1. The summed E-state index contributed by atoms with van der Waals surface area (Å²) in [5.74, 6) is -0.400. The molecule has 1 aliphatic heterocycles. The first-order valence-corrected chi connectivity index (χ1v) is 13.5. The van der Waals surface area contributed by atoms with Gasteiger partial charge in [0, 0.05) is 44.7 Å². The van der Waals surface area contributed by atoms with Gasteiger partial charge in [-0.25, -0.2) is 9.78 Å². The van der Waals surface area contributed by atoms with Crippen LogP contribution < -0.4 is 15.8 Å². The molecule has 5 aromatic rings. The van der Waals surface area contributed by atoms with Crippen LogP contribution in [0.5, 0.6) is 0 Å². The Labute approximate surface area is 230 Å². The number of anilines is 1. The lowest BCUT2D eigenvalue weighted by atomic mass is 10.0. The van der Waals surface area contributed by atoms with Crippen LogP contribution in [0.3, 0.4) is 0 Å². The highest BCUT2D eigenvalue weighted by atomic mass is 35.5. The molecule has 1 amide bonds. The van der Waals surface area contributed by atoms with Gasteiger partial charge >= 0.3 is 5.63 Å². The van der Waals surface area contributed by atoms with Crippen LogP contribution in [0.1, 0.15) is 22.8 Å². The van der Waals surface area contributed by atoms with E-state index in [1.54, 1.807) is 23.5 Å². The van der Waals surface area contributed by atoms with E-state index in [0.29, 0.717) is 12.1 Å². The number of halogens is 1. The molecule has 7 nitrogen and oxygen atoms in total. The lowest BCUT2D eigenvalue weighted by Crippen LogP contribution is -2.48. The normalized spacial score (nSPS) is 14.2. The fourth-order valence-corrected chi connectivity index (χ4v) is 6.10. The summed E-state index contributed by atoms with van der Waals surface area (Å²) in [4.78, 5) is 35.0. The van der Waals surface area contributed by atoms with Gasteiger partial charge in [-0.15, -0.1) is 12.4 Å². The molecule has 1 fully saturated rings. The predicted molar refractivity (Wildman–Crippen MR) is 157 cm³/mol. The van der Waals surface area contributed by atoms with Gasteiger partial charge < -0.3 is 14.6 Å². The number of carbonyl (C=O) groups excluding carboxylic acids is 1. The number of nitrogens with zero attached hydrogens (tertiary/aromatic N) is 3. The topological polar surface area (TPSA) is 78.7 Å². The molecule has 2 aromatic heterocycles. The molecular weight excluding hydrogens is 520 g/mol. The number of benzene rings is 3. The lowest BCUT2D eigenvalue weighted by Gasteiger charge is -2.34. The summed E-state index contributed by atoms with van der Waals surface area (Å²) in [6.07, 6.45) is 0.984. The lowest BCUT2D eigenvalue weighted by molar-refractivity contribution is 0.0944. The van der Waals surface area contributed by atoms with Gasteiger partial charge in [-0.3, -0.25) is 9.69 Å². The van der Waals surface area contributed by atoms with Crippen molar-refractivity contribution >= 4 is 66.7 Å². The van der Waals surface area contributed by atoms with E-state index in [9.17, 15) is 9.59 Å². The maximum atomic E-state index is 12.9. The van der Waals surface area contributed by atoms with Crippen LogP contribution in [-0.4, -0.2) is 55.1 Å². The number of hydrogen-bond acceptors (Lipinski definition) is 7. The summed E-state index contributed by atoms with van der Waals surface area (Å²) in [5, 5.41) is 6.74. The standard InChI is InChI=1S/C29H28N4O3S.ClH/c1-2-19-7-5-9-25-26(19)31-29(37-25)33-16-14-32(15-17-33)13-12-30-27(34)23-18-22-21-8-4-3-6-20(21)10-11-24(22)36-28(23)35;/h3-11,18H,2,12-17H2,1H3,(H,30,34);1H. The molecule has 0 atom stereocenters. The summed E-state index contributed by atoms with van der Waals surface area (Å²) >= 11 is 1.76. The van der Waals surface area contributed by atoms with Gasteiger partial charge in [0.05, 0.1) is 10.2 Å². The summed E-state index contributed by atoms with van der Waals surface area (Å²) < 4.78 is 6.71. The minimum absolute atomic E-state index is 0. The van der Waals surface area contributed by atoms with Crippen molar-refractivity contribution in [3.63, 3.8) is 0 Å². The van der Waals surface area contributed by atoms with Crippen LogP contribution in [-0.2, 0) is 6.42 Å². The molecule has 0 unspecified atom stereocenters. The highest BCUT2D eigenvalue weighted by Gasteiger charge is 2.21. The number of aryl methyl sites for hydroxylation is 1. The van der Waals surface area contributed by atoms with Crippen LogP contribution in [0, 0.1) is 0 Å². The smallest absolute Gasteiger partial charge is 0.349 e. The first kappa shape index (κ1) is 26.2. The molecule has 0 aliphatic carbocycles. The van der Waals surface area contributed by atoms with Crippen molar-refractivity contribution in [3.8, 4) is 0 Å². The number of thiazole rings is 1. The van der Waals surface area contributed by atoms with Crippen molar-refractivity contribution in [2.75, 3.05) is 44.2 Å². The van der Waals surface area contributed by atoms with Crippen molar-refractivity contribution in [3.05, 3.63) is 82.2 Å². The fraction of sp³-hybridized carbons (Fsp3) is 0.276. The molecule has 0 bridgehead atoms. The molecule has 3 heterocycles. The number of piperazine rings is 1. The van der Waals surface area contributed by atoms with E-state index in [1.165, 1.54) is 10.3 Å². The SMILES string of the molecule is CCc1cccc2sc(N3CCN(CCNC(=O)c4cc5c(ccc6ccccc65)oc4=O)CC3)nc12.Cl. The Kier molecular flexibility index (Phi) is 7.65. The zero-order chi connectivity index (χ0) is 25.4. The maximum absolute atomic E-state index is 12.9. The fourth-order valence-electron chi connectivity index (χ4n) is 5.03. The predicted octanol–water partition coefficient (Wildman–Crippen LogP) is 5.09. The van der Waals surface area contributed by atoms with Gasteiger partial charge in [-0.05, 0) is 41.0 Å². The molecule has 38 heavy (non-hydrogen) atoms. The number of carbonyl (C=O) groups is 1. The average Bonchev–Trinajstić information content (AvgIpc) is 3.37. The molecule has 0 radical (unpaired) electrons. The Bertz CT molecular complexity index is 1670. The van der Waals surface area contributed by atoms with E-state index in [1.807, 2.05) is 30.3 Å². The van der Waals surface area contributed by atoms with Crippen LogP contribution in [0.2, 0.25) is 0 Å². The Morgan fingerprint density at radius 1 is 1.03 bits per heavy atom. The molecule has 6 rings (SSSR count). The molecule has 196 valence electrons. The van der Waals surface area contributed by atoms with Crippen molar-refractivity contribution in [2.45, 2.75) is 13.3 Å². The minimum atomic E-state index is -0.615. The van der Waals surface area contributed by atoms with Gasteiger partial charge in [0.1, 0.15) is 11.1 Å². The second kappa shape index (κ2) is 11.1. The third kappa shape index (κ3) is 4.99. The number of rotatable bonds is 6. The zero-order valence-corrected chi connectivity index (χ0v) is 22.7. The molecule has 1 N–H and O–H groups in total. The second-order valence-corrected chi connectivity index (χ2v) is 10.4. The van der Waals surface area contributed by atoms with E-state index in [-0.39, 0.29) is 18.0 Å². The molecular formula is C29H29ClN4O3S. The van der Waals surface area contributed by atoms with Crippen molar-refractivity contribution < 1.29 is 9.21 Å². The Hall–Kier alpha value is -3.46. The van der Waals surface area contributed by atoms with E-state index in [2.05, 4.69) is 40.2 Å². The highest BCUT2D eigenvalue weighted by Crippen LogP contribution is 2.31. The summed E-state index contributed by atoms with van der Waals surface area (Å²) in [7, 11) is 0. The van der Waals surface area contributed by atoms with Crippen LogP contribution in [0.4, 0.5) is 5.13 Å². The van der Waals surface area contributed by atoms with Crippen molar-refractivity contribution in [1.29, 1.82) is 0 Å². The molecule has 9 heteroatoms. The first-order chi connectivity index (χ1) is 18.1. The van der Waals surface area contributed by atoms with Crippen molar-refractivity contribution in [1.82, 2.24) is 15.2 Å². The number of nitrogens with one attached hydrogen (secondary N) is 1. The van der Waals surface area contributed by atoms with Crippen molar-refractivity contribution in [2.24, 2.45) is 0 Å². The molecule has 3 aromatic carbocycles. The Balaban J connectivity index is 0.00000294. The van der Waals surface area contributed by atoms with Gasteiger partial charge in [-0.2, -0.15) is 0 Å². The number of aromatic nitrogens is 1. The van der Waals surface area contributed by atoms with E-state index in [0.717, 1.165) is 66.0 Å². The van der Waals surface area contributed by atoms with E-state index >= 15 is 0 Å². The number of para-hydroxylation sites is 1. The minimum Gasteiger partial charge on any atom is -0.422 e. The van der Waals surface area contributed by atoms with Crippen LogP contribution in [0.25, 0.3) is 32.0 Å². The third-order valence-corrected chi connectivity index (χ3v) is 8.20. The van der Waals surface area contributed by atoms with Gasteiger partial charge in [0.2, 0.25) is 0 Å². The Morgan fingerprint density at radius 3 is 2.66 bits per heavy atom. The van der Waals surface area contributed by atoms with E-state index in [4.69, 9.17) is 9.40 Å². The van der Waals surface area contributed by atoms with E-state index < -0.39 is 11.5 Å². The molecule has 1 aliphatic rings. The average molecular weight is 549 g/mol. The molecule has 0 saturated carbocycles. The van der Waals surface area contributed by atoms with Gasteiger partial charge in [0.15, 0.2) is 5.13 Å². The second-order valence-electron chi connectivity index (χ2n) is 9.34. The molecule has 1 saturated heterocycles. The summed E-state index contributed by atoms with van der Waals surface area (Å²) in [6.45, 7) is 6.95. The van der Waals surface area contributed by atoms with Crippen LogP contribution >= 0.6 is 23.7 Å². The van der Waals surface area contributed by atoms with Gasteiger partial charge in [0.25, 0.3) is 5.91 Å². The number of fused-ring (bicyclic) bond motifs is 4. The monoisotopic (exact) mass is 548 g/mol. The largest absolute Gasteiger partial charge is 0.422 e. The zero-order valence-electron chi connectivity index (χ0n) is 21.1.